The molecule has 0 aliphatic carbocycles. The van der Waals surface area contributed by atoms with Crippen LogP contribution in [0.5, 0.6) is 0 Å². The van der Waals surface area contributed by atoms with Gasteiger partial charge in [-0.15, -0.1) is 0 Å². The molecule has 0 aromatic heterocycles. The van der Waals surface area contributed by atoms with Gasteiger partial charge in [0.2, 0.25) is 0 Å². The quantitative estimate of drug-likeness (QED) is 0.661. The van der Waals surface area contributed by atoms with Gasteiger partial charge >= 0.3 is 0 Å². The lowest BCUT2D eigenvalue weighted by Crippen LogP contribution is -2.12. The predicted octanol–water partition coefficient (Wildman–Crippen LogP) is 2.79. The second-order valence-electron chi connectivity index (χ2n) is 4.28. The Labute approximate surface area is 108 Å². The topological polar surface area (TPSA) is 41.6 Å². The van der Waals surface area contributed by atoms with Crippen molar-refractivity contribution in [3.8, 4) is 0 Å². The molecule has 2 aromatic carbocycles. The van der Waals surface area contributed by atoms with Gasteiger partial charge in [-0.2, -0.15) is 0 Å². The highest BCUT2D eigenvalue weighted by atomic mass is 15.1. The average molecular weight is 239 g/mol. The summed E-state index contributed by atoms with van der Waals surface area (Å²) in [5.41, 5.74) is 8.90. The molecular weight excluding hydrogens is 222 g/mol. The maximum Gasteiger partial charge on any atom is 0.131 e. The van der Waals surface area contributed by atoms with E-state index in [4.69, 9.17) is 5.73 Å². The summed E-state index contributed by atoms with van der Waals surface area (Å²) < 4.78 is 0. The van der Waals surface area contributed by atoms with Crippen molar-refractivity contribution in [3.05, 3.63) is 60.2 Å². The Balaban J connectivity index is 2.30. The summed E-state index contributed by atoms with van der Waals surface area (Å²) in [6.45, 7) is 0. The molecule has 0 aliphatic rings. The van der Waals surface area contributed by atoms with Crippen LogP contribution in [0.3, 0.4) is 0 Å². The normalized spacial score (nSPS) is 11.3. The number of benzene rings is 2. The van der Waals surface area contributed by atoms with Crippen LogP contribution in [0.4, 0.5) is 11.4 Å². The maximum atomic E-state index is 5.99. The molecule has 0 unspecified atom stereocenters. The highest BCUT2D eigenvalue weighted by Crippen LogP contribution is 2.20. The van der Waals surface area contributed by atoms with Crippen molar-refractivity contribution >= 4 is 17.2 Å². The fourth-order valence-corrected chi connectivity index (χ4v) is 1.65. The minimum atomic E-state index is 0.534. The molecular formula is C15H17N3. The van der Waals surface area contributed by atoms with Crippen molar-refractivity contribution in [2.24, 2.45) is 10.7 Å². The number of nitrogens with two attached hydrogens (primary N) is 1. The second kappa shape index (κ2) is 5.36. The van der Waals surface area contributed by atoms with Gasteiger partial charge in [0, 0.05) is 25.3 Å². The van der Waals surface area contributed by atoms with Gasteiger partial charge in [0.1, 0.15) is 5.84 Å². The zero-order valence-corrected chi connectivity index (χ0v) is 10.7. The first kappa shape index (κ1) is 12.2. The Kier molecular flexibility index (Phi) is 3.63. The fourth-order valence-electron chi connectivity index (χ4n) is 1.65. The Hall–Kier alpha value is -2.29. The molecule has 0 atom stereocenters. The standard InChI is InChI=1S/C15H17N3/c1-18(2)14-10-6-9-13(11-14)17-15(16)12-7-4-3-5-8-12/h3-11H,1-2H3,(H2,16,17). The Morgan fingerprint density at radius 2 is 1.72 bits per heavy atom. The van der Waals surface area contributed by atoms with Crippen LogP contribution in [-0.2, 0) is 0 Å². The van der Waals surface area contributed by atoms with Gasteiger partial charge in [0.15, 0.2) is 0 Å². The molecule has 0 aliphatic heterocycles. The number of hydrogen-bond acceptors (Lipinski definition) is 2. The lowest BCUT2D eigenvalue weighted by molar-refractivity contribution is 1.13. The van der Waals surface area contributed by atoms with E-state index in [0.29, 0.717) is 5.84 Å². The maximum absolute atomic E-state index is 5.99. The minimum Gasteiger partial charge on any atom is -0.383 e. The van der Waals surface area contributed by atoms with E-state index >= 15 is 0 Å². The Bertz CT molecular complexity index is 545. The van der Waals surface area contributed by atoms with Gasteiger partial charge in [0.25, 0.3) is 0 Å². The lowest BCUT2D eigenvalue weighted by atomic mass is 10.2. The van der Waals surface area contributed by atoms with Gasteiger partial charge in [0.05, 0.1) is 5.69 Å². The number of hydrogen-bond donors (Lipinski definition) is 1. The van der Waals surface area contributed by atoms with Gasteiger partial charge in [-0.1, -0.05) is 36.4 Å². The van der Waals surface area contributed by atoms with Crippen LogP contribution in [-0.4, -0.2) is 19.9 Å². The molecule has 2 aromatic rings. The summed E-state index contributed by atoms with van der Waals surface area (Å²) >= 11 is 0. The zero-order valence-electron chi connectivity index (χ0n) is 10.7. The van der Waals surface area contributed by atoms with Gasteiger partial charge in [-0.3, -0.25) is 0 Å². The van der Waals surface area contributed by atoms with E-state index in [9.17, 15) is 0 Å². The molecule has 3 heteroatoms. The molecule has 0 fully saturated rings. The van der Waals surface area contributed by atoms with Gasteiger partial charge in [-0.05, 0) is 18.2 Å². The Morgan fingerprint density at radius 3 is 2.39 bits per heavy atom. The van der Waals surface area contributed by atoms with Gasteiger partial charge in [-0.25, -0.2) is 4.99 Å². The van der Waals surface area contributed by atoms with Crippen LogP contribution in [0.15, 0.2) is 59.6 Å². The highest BCUT2D eigenvalue weighted by Gasteiger charge is 1.99. The molecule has 0 saturated heterocycles. The van der Waals surface area contributed by atoms with Crippen LogP contribution in [0.25, 0.3) is 0 Å². The van der Waals surface area contributed by atoms with Crippen LogP contribution < -0.4 is 10.6 Å². The van der Waals surface area contributed by atoms with Crippen molar-refractivity contribution in [1.82, 2.24) is 0 Å². The second-order valence-corrected chi connectivity index (χ2v) is 4.28. The van der Waals surface area contributed by atoms with Crippen LogP contribution in [0, 0.1) is 0 Å². The highest BCUT2D eigenvalue weighted by molar-refractivity contribution is 5.99. The monoisotopic (exact) mass is 239 g/mol. The summed E-state index contributed by atoms with van der Waals surface area (Å²) in [5, 5.41) is 0. The van der Waals surface area contributed by atoms with Crippen LogP contribution in [0.2, 0.25) is 0 Å². The minimum absolute atomic E-state index is 0.534. The Morgan fingerprint density at radius 1 is 1.00 bits per heavy atom. The van der Waals surface area contributed by atoms with Crippen LogP contribution >= 0.6 is 0 Å². The first-order chi connectivity index (χ1) is 8.66. The van der Waals surface area contributed by atoms with E-state index < -0.39 is 0 Å². The van der Waals surface area contributed by atoms with E-state index in [1.807, 2.05) is 73.6 Å². The number of nitrogens with zero attached hydrogens (tertiary/aromatic N) is 2. The molecule has 3 nitrogen and oxygen atoms in total. The number of amidine groups is 1. The molecule has 18 heavy (non-hydrogen) atoms. The van der Waals surface area contributed by atoms with E-state index in [2.05, 4.69) is 4.99 Å². The van der Waals surface area contributed by atoms with Crippen molar-refractivity contribution < 1.29 is 0 Å². The van der Waals surface area contributed by atoms with Crippen molar-refractivity contribution in [2.45, 2.75) is 0 Å². The number of rotatable bonds is 3. The third-order valence-electron chi connectivity index (χ3n) is 2.67. The third kappa shape index (κ3) is 2.88. The van der Waals surface area contributed by atoms with E-state index in [0.717, 1.165) is 16.9 Å². The summed E-state index contributed by atoms with van der Waals surface area (Å²) in [5.74, 6) is 0.534. The number of aliphatic imine (C=N–C) groups is 1. The summed E-state index contributed by atoms with van der Waals surface area (Å²) in [6, 6.07) is 17.7. The summed E-state index contributed by atoms with van der Waals surface area (Å²) in [7, 11) is 4.01. The molecule has 2 rings (SSSR count). The fraction of sp³-hybridized carbons (Fsp3) is 0.133. The van der Waals surface area contributed by atoms with Crippen molar-refractivity contribution in [1.29, 1.82) is 0 Å². The summed E-state index contributed by atoms with van der Waals surface area (Å²) in [4.78, 5) is 6.48. The van der Waals surface area contributed by atoms with Crippen molar-refractivity contribution in [3.63, 3.8) is 0 Å². The van der Waals surface area contributed by atoms with Gasteiger partial charge < -0.3 is 10.6 Å². The average Bonchev–Trinajstić information content (AvgIpc) is 2.40. The molecule has 92 valence electrons. The predicted molar refractivity (Wildman–Crippen MR) is 77.6 cm³/mol. The largest absolute Gasteiger partial charge is 0.383 e. The zero-order chi connectivity index (χ0) is 13.0. The van der Waals surface area contributed by atoms with E-state index in [-0.39, 0.29) is 0 Å². The third-order valence-corrected chi connectivity index (χ3v) is 2.67. The molecule has 0 spiro atoms. The molecule has 0 radical (unpaired) electrons. The first-order valence-electron chi connectivity index (χ1n) is 5.84. The van der Waals surface area contributed by atoms with Crippen molar-refractivity contribution in [2.75, 3.05) is 19.0 Å². The molecule has 0 amide bonds. The molecule has 0 saturated carbocycles. The van der Waals surface area contributed by atoms with Crippen LogP contribution in [0.1, 0.15) is 5.56 Å². The SMILES string of the molecule is CN(C)c1cccc(N=C(N)c2ccccc2)c1. The first-order valence-corrected chi connectivity index (χ1v) is 5.84. The smallest absolute Gasteiger partial charge is 0.131 e. The van der Waals surface area contributed by atoms with E-state index in [1.54, 1.807) is 0 Å². The lowest BCUT2D eigenvalue weighted by Gasteiger charge is -2.12. The molecule has 0 bridgehead atoms. The summed E-state index contributed by atoms with van der Waals surface area (Å²) in [6.07, 6.45) is 0. The molecule has 0 heterocycles. The molecule has 2 N–H and O–H groups in total. The number of anilines is 1. The van der Waals surface area contributed by atoms with E-state index in [1.165, 1.54) is 0 Å².